The van der Waals surface area contributed by atoms with E-state index < -0.39 is 0 Å². The van der Waals surface area contributed by atoms with E-state index in [0.717, 1.165) is 12.5 Å². The molecule has 0 aromatic heterocycles. The minimum atomic E-state index is -0.112. The Bertz CT molecular complexity index is 617. The number of halogens is 2. The van der Waals surface area contributed by atoms with Crippen molar-refractivity contribution in [3.05, 3.63) is 28.8 Å². The van der Waals surface area contributed by atoms with Crippen molar-refractivity contribution in [3.8, 4) is 0 Å². The van der Waals surface area contributed by atoms with Gasteiger partial charge < -0.3 is 20.3 Å². The summed E-state index contributed by atoms with van der Waals surface area (Å²) in [5, 5.41) is 6.27. The van der Waals surface area contributed by atoms with Crippen molar-refractivity contribution in [2.45, 2.75) is 12.8 Å². The van der Waals surface area contributed by atoms with E-state index in [2.05, 4.69) is 10.6 Å². The molecule has 1 aromatic carbocycles. The van der Waals surface area contributed by atoms with E-state index in [4.69, 9.17) is 16.3 Å². The first kappa shape index (κ1) is 20.0. The highest BCUT2D eigenvalue weighted by Crippen LogP contribution is 2.27. The molecular weight excluding hydrogens is 365 g/mol. The van der Waals surface area contributed by atoms with E-state index >= 15 is 0 Å². The van der Waals surface area contributed by atoms with Crippen molar-refractivity contribution in [1.29, 1.82) is 0 Å². The Balaban J connectivity index is 0.00000225. The number of nitrogens with zero attached hydrogens (tertiary/aromatic N) is 1. The van der Waals surface area contributed by atoms with Gasteiger partial charge in [0.05, 0.1) is 30.3 Å². The Kier molecular flexibility index (Phi) is 7.50. The predicted molar refractivity (Wildman–Crippen MR) is 99.6 cm³/mol. The molecule has 0 bridgehead atoms. The van der Waals surface area contributed by atoms with Crippen LogP contribution in [0.15, 0.2) is 18.2 Å². The summed E-state index contributed by atoms with van der Waals surface area (Å²) in [6.07, 6.45) is 2.51. The second kappa shape index (κ2) is 9.38. The van der Waals surface area contributed by atoms with Gasteiger partial charge in [-0.2, -0.15) is 0 Å². The Morgan fingerprint density at radius 1 is 1.24 bits per heavy atom. The molecule has 138 valence electrons. The molecule has 1 saturated heterocycles. The summed E-state index contributed by atoms with van der Waals surface area (Å²) in [4.78, 5) is 26.1. The molecule has 2 N–H and O–H groups in total. The number of ether oxygens (including phenoxy) is 1. The van der Waals surface area contributed by atoms with Crippen LogP contribution in [0.3, 0.4) is 0 Å². The van der Waals surface area contributed by atoms with Crippen LogP contribution in [0.25, 0.3) is 0 Å². The predicted octanol–water partition coefficient (Wildman–Crippen LogP) is 2.17. The van der Waals surface area contributed by atoms with Crippen LogP contribution in [0.2, 0.25) is 5.02 Å². The molecule has 0 atom stereocenters. The third-order valence-corrected chi connectivity index (χ3v) is 4.51. The van der Waals surface area contributed by atoms with Crippen molar-refractivity contribution in [2.24, 2.45) is 5.92 Å². The summed E-state index contributed by atoms with van der Waals surface area (Å²) in [5.74, 6) is 0.518. The molecule has 2 aliphatic rings. The molecule has 0 spiro atoms. The Labute approximate surface area is 158 Å². The van der Waals surface area contributed by atoms with E-state index in [-0.39, 0.29) is 30.8 Å². The Morgan fingerprint density at radius 3 is 2.60 bits per heavy atom. The fourth-order valence-electron chi connectivity index (χ4n) is 2.62. The summed E-state index contributed by atoms with van der Waals surface area (Å²) >= 11 is 6.24. The van der Waals surface area contributed by atoms with Crippen LogP contribution in [-0.4, -0.2) is 56.1 Å². The highest BCUT2D eigenvalue weighted by molar-refractivity contribution is 6.34. The van der Waals surface area contributed by atoms with Crippen molar-refractivity contribution >= 4 is 41.5 Å². The van der Waals surface area contributed by atoms with Gasteiger partial charge in [-0.3, -0.25) is 9.59 Å². The van der Waals surface area contributed by atoms with Gasteiger partial charge in [-0.1, -0.05) is 11.6 Å². The van der Waals surface area contributed by atoms with Gasteiger partial charge in [-0.05, 0) is 43.5 Å². The maximum atomic E-state index is 12.5. The van der Waals surface area contributed by atoms with Gasteiger partial charge in [-0.15, -0.1) is 12.4 Å². The molecule has 1 aliphatic carbocycles. The summed E-state index contributed by atoms with van der Waals surface area (Å²) in [6, 6.07) is 4.99. The Hall–Kier alpha value is -1.34. The van der Waals surface area contributed by atoms with E-state index in [0.29, 0.717) is 42.6 Å². The molecule has 6 nitrogen and oxygen atoms in total. The van der Waals surface area contributed by atoms with E-state index in [1.165, 1.54) is 12.8 Å². The summed E-state index contributed by atoms with van der Waals surface area (Å²) < 4.78 is 5.25. The standard InChI is InChI=1S/C17H22ClN3O3.ClH/c18-15-9-13(20-16(22)11-19-10-12-1-2-12)3-4-14(15)17(23)21-5-7-24-8-6-21;/h3-4,9,12,19H,1-2,5-8,10-11H2,(H,20,22);1H. The molecule has 3 rings (SSSR count). The lowest BCUT2D eigenvalue weighted by molar-refractivity contribution is -0.115. The summed E-state index contributed by atoms with van der Waals surface area (Å²) in [6.45, 7) is 3.40. The lowest BCUT2D eigenvalue weighted by atomic mass is 10.1. The number of hydrogen-bond acceptors (Lipinski definition) is 4. The average Bonchev–Trinajstić information content (AvgIpc) is 3.39. The smallest absolute Gasteiger partial charge is 0.255 e. The van der Waals surface area contributed by atoms with Crippen molar-refractivity contribution in [1.82, 2.24) is 10.2 Å². The van der Waals surface area contributed by atoms with Gasteiger partial charge >= 0.3 is 0 Å². The first-order valence-electron chi connectivity index (χ1n) is 8.30. The molecule has 1 heterocycles. The highest BCUT2D eigenvalue weighted by Gasteiger charge is 2.22. The lowest BCUT2D eigenvalue weighted by Crippen LogP contribution is -2.40. The number of hydrogen-bond donors (Lipinski definition) is 2. The third-order valence-electron chi connectivity index (χ3n) is 4.20. The van der Waals surface area contributed by atoms with Crippen LogP contribution >= 0.6 is 24.0 Å². The number of morpholine rings is 1. The first-order chi connectivity index (χ1) is 11.6. The molecule has 25 heavy (non-hydrogen) atoms. The summed E-state index contributed by atoms with van der Waals surface area (Å²) in [7, 11) is 0. The first-order valence-corrected chi connectivity index (χ1v) is 8.68. The number of carbonyl (C=O) groups is 2. The SMILES string of the molecule is Cl.O=C(CNCC1CC1)Nc1ccc(C(=O)N2CCOCC2)c(Cl)c1. The zero-order chi connectivity index (χ0) is 16.9. The molecular formula is C17H23Cl2N3O3. The monoisotopic (exact) mass is 387 g/mol. The molecule has 2 amide bonds. The van der Waals surface area contributed by atoms with E-state index in [1.54, 1.807) is 23.1 Å². The van der Waals surface area contributed by atoms with Gasteiger partial charge in [0.25, 0.3) is 5.91 Å². The number of carbonyl (C=O) groups excluding carboxylic acids is 2. The molecule has 8 heteroatoms. The minimum Gasteiger partial charge on any atom is -0.378 e. The van der Waals surface area contributed by atoms with Crippen molar-refractivity contribution < 1.29 is 14.3 Å². The summed E-state index contributed by atoms with van der Waals surface area (Å²) in [5.41, 5.74) is 1.04. The van der Waals surface area contributed by atoms with Crippen LogP contribution in [0.5, 0.6) is 0 Å². The quantitative estimate of drug-likeness (QED) is 0.784. The topological polar surface area (TPSA) is 70.7 Å². The molecule has 1 aromatic rings. The second-order valence-corrected chi connectivity index (χ2v) is 6.63. The third kappa shape index (κ3) is 5.85. The lowest BCUT2D eigenvalue weighted by Gasteiger charge is -2.27. The maximum absolute atomic E-state index is 12.5. The normalized spacial score (nSPS) is 16.9. The number of amides is 2. The fourth-order valence-corrected chi connectivity index (χ4v) is 2.88. The highest BCUT2D eigenvalue weighted by atomic mass is 35.5. The van der Waals surface area contributed by atoms with Gasteiger partial charge in [-0.25, -0.2) is 0 Å². The average molecular weight is 388 g/mol. The van der Waals surface area contributed by atoms with Crippen LogP contribution in [0, 0.1) is 5.92 Å². The second-order valence-electron chi connectivity index (χ2n) is 6.22. The molecule has 1 aliphatic heterocycles. The maximum Gasteiger partial charge on any atom is 0.255 e. The van der Waals surface area contributed by atoms with Gasteiger partial charge in [0.15, 0.2) is 0 Å². The van der Waals surface area contributed by atoms with E-state index in [9.17, 15) is 9.59 Å². The van der Waals surface area contributed by atoms with Gasteiger partial charge in [0.1, 0.15) is 0 Å². The molecule has 0 radical (unpaired) electrons. The van der Waals surface area contributed by atoms with Crippen molar-refractivity contribution in [2.75, 3.05) is 44.7 Å². The molecule has 0 unspecified atom stereocenters. The van der Waals surface area contributed by atoms with Crippen LogP contribution < -0.4 is 10.6 Å². The molecule has 1 saturated carbocycles. The van der Waals surface area contributed by atoms with Gasteiger partial charge in [0.2, 0.25) is 5.91 Å². The van der Waals surface area contributed by atoms with Crippen molar-refractivity contribution in [3.63, 3.8) is 0 Å². The fraction of sp³-hybridized carbons (Fsp3) is 0.529. The molecule has 2 fully saturated rings. The number of anilines is 1. The van der Waals surface area contributed by atoms with E-state index in [1.807, 2.05) is 0 Å². The largest absolute Gasteiger partial charge is 0.378 e. The number of nitrogens with one attached hydrogen (secondary N) is 2. The number of rotatable bonds is 6. The number of benzene rings is 1. The minimum absolute atomic E-state index is 0. The zero-order valence-corrected chi connectivity index (χ0v) is 15.5. The Morgan fingerprint density at radius 2 is 1.96 bits per heavy atom. The van der Waals surface area contributed by atoms with Crippen LogP contribution in [0.1, 0.15) is 23.2 Å². The van der Waals surface area contributed by atoms with Crippen LogP contribution in [0.4, 0.5) is 5.69 Å². The zero-order valence-electron chi connectivity index (χ0n) is 13.9. The van der Waals surface area contributed by atoms with Gasteiger partial charge in [0, 0.05) is 18.8 Å². The van der Waals surface area contributed by atoms with Crippen LogP contribution in [-0.2, 0) is 9.53 Å².